The molecule has 3 aromatic rings. The predicted molar refractivity (Wildman–Crippen MR) is 133 cm³/mol. The molecule has 0 unspecified atom stereocenters. The van der Waals surface area contributed by atoms with E-state index in [2.05, 4.69) is 5.32 Å². The molecular formula is C26H28FN3O4S. The molecule has 7 nitrogen and oxygen atoms in total. The Morgan fingerprint density at radius 2 is 1.63 bits per heavy atom. The number of benzene rings is 3. The van der Waals surface area contributed by atoms with Gasteiger partial charge in [-0.15, -0.1) is 0 Å². The Labute approximate surface area is 205 Å². The van der Waals surface area contributed by atoms with Gasteiger partial charge >= 0.3 is 0 Å². The van der Waals surface area contributed by atoms with E-state index >= 15 is 0 Å². The monoisotopic (exact) mass is 497 g/mol. The summed E-state index contributed by atoms with van der Waals surface area (Å²) >= 11 is 0. The zero-order valence-electron chi connectivity index (χ0n) is 19.8. The number of carbonyl (C=O) groups excluding carboxylic acids is 2. The van der Waals surface area contributed by atoms with Gasteiger partial charge in [0.25, 0.3) is 10.0 Å². The number of hydrogen-bond donors (Lipinski definition) is 1. The molecule has 0 heterocycles. The SMILES string of the molecule is CNC(=O)[C@H](C)N(Cc1cccc(C)c1)C(=O)CN(c1ccc(F)cc1)S(=O)(=O)c1ccccc1. The lowest BCUT2D eigenvalue weighted by atomic mass is 10.1. The standard InChI is InChI=1S/C26H28FN3O4S/c1-19-8-7-9-21(16-19)17-29(20(2)26(32)28-3)25(31)18-30(23-14-12-22(27)13-15-23)35(33,34)24-10-5-4-6-11-24/h4-16,20H,17-18H2,1-3H3,(H,28,32)/t20-/m0/s1. The summed E-state index contributed by atoms with van der Waals surface area (Å²) in [6.07, 6.45) is 0. The van der Waals surface area contributed by atoms with Gasteiger partial charge in [-0.25, -0.2) is 12.8 Å². The van der Waals surface area contributed by atoms with Crippen LogP contribution in [0.1, 0.15) is 18.1 Å². The van der Waals surface area contributed by atoms with Crippen LogP contribution in [0.5, 0.6) is 0 Å². The second-order valence-corrected chi connectivity index (χ2v) is 9.96. The Bertz CT molecular complexity index is 1280. The van der Waals surface area contributed by atoms with Crippen LogP contribution in [0.25, 0.3) is 0 Å². The van der Waals surface area contributed by atoms with E-state index in [1.807, 2.05) is 31.2 Å². The van der Waals surface area contributed by atoms with Crippen LogP contribution in [0.4, 0.5) is 10.1 Å². The summed E-state index contributed by atoms with van der Waals surface area (Å²) in [5, 5.41) is 2.54. The fraction of sp³-hybridized carbons (Fsp3) is 0.231. The summed E-state index contributed by atoms with van der Waals surface area (Å²) in [4.78, 5) is 27.4. The van der Waals surface area contributed by atoms with Gasteiger partial charge in [0.15, 0.2) is 0 Å². The fourth-order valence-corrected chi connectivity index (χ4v) is 5.09. The van der Waals surface area contributed by atoms with E-state index in [1.165, 1.54) is 36.2 Å². The van der Waals surface area contributed by atoms with Crippen molar-refractivity contribution in [3.63, 3.8) is 0 Å². The molecule has 0 radical (unpaired) electrons. The predicted octanol–water partition coefficient (Wildman–Crippen LogP) is 3.49. The zero-order valence-corrected chi connectivity index (χ0v) is 20.6. The minimum absolute atomic E-state index is 0.0123. The van der Waals surface area contributed by atoms with Crippen molar-refractivity contribution in [3.8, 4) is 0 Å². The van der Waals surface area contributed by atoms with Crippen LogP contribution in [-0.2, 0) is 26.2 Å². The molecule has 0 saturated heterocycles. The molecule has 0 saturated carbocycles. The maximum absolute atomic E-state index is 13.6. The second kappa shape index (κ2) is 11.1. The lowest BCUT2D eigenvalue weighted by Crippen LogP contribution is -2.50. The van der Waals surface area contributed by atoms with Gasteiger partial charge in [0.05, 0.1) is 10.6 Å². The Morgan fingerprint density at radius 1 is 0.971 bits per heavy atom. The van der Waals surface area contributed by atoms with Crippen LogP contribution in [0.2, 0.25) is 0 Å². The number of carbonyl (C=O) groups is 2. The van der Waals surface area contributed by atoms with Crippen molar-refractivity contribution < 1.29 is 22.4 Å². The van der Waals surface area contributed by atoms with E-state index in [0.717, 1.165) is 27.6 Å². The third-order valence-corrected chi connectivity index (χ3v) is 7.36. The highest BCUT2D eigenvalue weighted by Crippen LogP contribution is 2.25. The molecule has 3 aromatic carbocycles. The van der Waals surface area contributed by atoms with Gasteiger partial charge in [-0.1, -0.05) is 48.0 Å². The second-order valence-electron chi connectivity index (χ2n) is 8.10. The number of nitrogens with one attached hydrogen (secondary N) is 1. The zero-order chi connectivity index (χ0) is 25.6. The lowest BCUT2D eigenvalue weighted by Gasteiger charge is -2.31. The average Bonchev–Trinajstić information content (AvgIpc) is 2.86. The molecule has 0 aromatic heterocycles. The quantitative estimate of drug-likeness (QED) is 0.490. The molecule has 3 rings (SSSR count). The van der Waals surface area contributed by atoms with E-state index < -0.39 is 34.3 Å². The average molecular weight is 498 g/mol. The first-order chi connectivity index (χ1) is 16.6. The first kappa shape index (κ1) is 25.9. The van der Waals surface area contributed by atoms with Gasteiger partial charge in [0, 0.05) is 13.6 Å². The van der Waals surface area contributed by atoms with Crippen molar-refractivity contribution in [1.82, 2.24) is 10.2 Å². The van der Waals surface area contributed by atoms with Gasteiger partial charge in [0.2, 0.25) is 11.8 Å². The number of rotatable bonds is 9. The van der Waals surface area contributed by atoms with Crippen molar-refractivity contribution in [3.05, 3.63) is 95.8 Å². The number of hydrogen-bond acceptors (Lipinski definition) is 4. The molecule has 184 valence electrons. The van der Waals surface area contributed by atoms with Crippen LogP contribution in [0.3, 0.4) is 0 Å². The van der Waals surface area contributed by atoms with Gasteiger partial charge in [0.1, 0.15) is 18.4 Å². The third-order valence-electron chi connectivity index (χ3n) is 5.57. The Morgan fingerprint density at radius 3 is 2.23 bits per heavy atom. The van der Waals surface area contributed by atoms with Gasteiger partial charge in [-0.2, -0.15) is 0 Å². The molecule has 9 heteroatoms. The number of nitrogens with zero attached hydrogens (tertiary/aromatic N) is 2. The third kappa shape index (κ3) is 6.24. The molecule has 35 heavy (non-hydrogen) atoms. The van der Waals surface area contributed by atoms with Gasteiger partial charge in [-0.3, -0.25) is 13.9 Å². The van der Waals surface area contributed by atoms with Crippen molar-refractivity contribution in [1.29, 1.82) is 0 Å². The molecule has 1 N–H and O–H groups in total. The van der Waals surface area contributed by atoms with Crippen LogP contribution in [0.15, 0.2) is 83.8 Å². The van der Waals surface area contributed by atoms with Crippen molar-refractivity contribution >= 4 is 27.5 Å². The van der Waals surface area contributed by atoms with E-state index in [0.29, 0.717) is 0 Å². The lowest BCUT2D eigenvalue weighted by molar-refractivity contribution is -0.139. The van der Waals surface area contributed by atoms with Crippen LogP contribution in [0, 0.1) is 12.7 Å². The summed E-state index contributed by atoms with van der Waals surface area (Å²) in [6.45, 7) is 3.04. The largest absolute Gasteiger partial charge is 0.357 e. The molecule has 1 atom stereocenters. The molecule has 0 bridgehead atoms. The number of aryl methyl sites for hydroxylation is 1. The number of halogens is 1. The number of anilines is 1. The van der Waals surface area contributed by atoms with Crippen molar-refractivity contribution in [2.24, 2.45) is 0 Å². The highest BCUT2D eigenvalue weighted by atomic mass is 32.2. The highest BCUT2D eigenvalue weighted by molar-refractivity contribution is 7.92. The van der Waals surface area contributed by atoms with Crippen LogP contribution >= 0.6 is 0 Å². The summed E-state index contributed by atoms with van der Waals surface area (Å²) in [5.41, 5.74) is 1.92. The van der Waals surface area contributed by atoms with Crippen molar-refractivity contribution in [2.45, 2.75) is 31.3 Å². The molecular weight excluding hydrogens is 469 g/mol. The van der Waals surface area contributed by atoms with E-state index in [-0.39, 0.29) is 23.0 Å². The summed E-state index contributed by atoms with van der Waals surface area (Å²) < 4.78 is 41.6. The van der Waals surface area contributed by atoms with Crippen molar-refractivity contribution in [2.75, 3.05) is 17.9 Å². The smallest absolute Gasteiger partial charge is 0.264 e. The number of likely N-dealkylation sites (N-methyl/N-ethyl adjacent to an activating group) is 1. The number of sulfonamides is 1. The minimum Gasteiger partial charge on any atom is -0.357 e. The summed E-state index contributed by atoms with van der Waals surface area (Å²) in [7, 11) is -2.69. The minimum atomic E-state index is -4.16. The Balaban J connectivity index is 2.01. The maximum Gasteiger partial charge on any atom is 0.264 e. The Hall–Kier alpha value is -3.72. The first-order valence-corrected chi connectivity index (χ1v) is 12.5. The maximum atomic E-state index is 13.6. The first-order valence-electron chi connectivity index (χ1n) is 11.0. The molecule has 0 aliphatic rings. The molecule has 0 spiro atoms. The van der Waals surface area contributed by atoms with E-state index in [1.54, 1.807) is 25.1 Å². The van der Waals surface area contributed by atoms with Crippen LogP contribution in [-0.4, -0.2) is 44.8 Å². The fourth-order valence-electron chi connectivity index (χ4n) is 3.65. The van der Waals surface area contributed by atoms with E-state index in [9.17, 15) is 22.4 Å². The molecule has 0 aliphatic heterocycles. The topological polar surface area (TPSA) is 86.8 Å². The van der Waals surface area contributed by atoms with E-state index in [4.69, 9.17) is 0 Å². The molecule has 0 aliphatic carbocycles. The van der Waals surface area contributed by atoms with Gasteiger partial charge < -0.3 is 10.2 Å². The molecule has 2 amide bonds. The Kier molecular flexibility index (Phi) is 8.24. The number of amides is 2. The van der Waals surface area contributed by atoms with Crippen LogP contribution < -0.4 is 9.62 Å². The summed E-state index contributed by atoms with van der Waals surface area (Å²) in [6, 6.07) is 19.2. The van der Waals surface area contributed by atoms with Gasteiger partial charge in [-0.05, 0) is 55.8 Å². The summed E-state index contributed by atoms with van der Waals surface area (Å²) in [5.74, 6) is -1.50. The normalized spacial score (nSPS) is 12.0. The molecule has 0 fully saturated rings. The highest BCUT2D eigenvalue weighted by Gasteiger charge is 2.32.